The summed E-state index contributed by atoms with van der Waals surface area (Å²) in [5.41, 5.74) is 2.57. The van der Waals surface area contributed by atoms with Crippen molar-refractivity contribution in [2.45, 2.75) is 78.4 Å². The summed E-state index contributed by atoms with van der Waals surface area (Å²) in [5.74, 6) is 0.334. The monoisotopic (exact) mass is 545 g/mol. The topological polar surface area (TPSA) is 96.0 Å². The molecule has 2 aromatic carbocycles. The van der Waals surface area contributed by atoms with Crippen LogP contribution in [0.15, 0.2) is 48.5 Å². The molecule has 0 aliphatic carbocycles. The predicted octanol–water partition coefficient (Wildman–Crippen LogP) is 4.53. The van der Waals surface area contributed by atoms with Gasteiger partial charge < -0.3 is 15.0 Å². The highest BCUT2D eigenvalue weighted by atomic mass is 32.2. The highest BCUT2D eigenvalue weighted by Crippen LogP contribution is 2.21. The first-order valence-corrected chi connectivity index (χ1v) is 15.2. The van der Waals surface area contributed by atoms with Gasteiger partial charge in [-0.25, -0.2) is 8.42 Å². The Hall–Kier alpha value is -3.07. The van der Waals surface area contributed by atoms with Crippen LogP contribution in [0.4, 0.5) is 5.69 Å². The van der Waals surface area contributed by atoms with Crippen LogP contribution < -0.4 is 14.4 Å². The number of benzene rings is 2. The molecule has 0 spiro atoms. The van der Waals surface area contributed by atoms with Crippen LogP contribution in [0.25, 0.3) is 0 Å². The van der Waals surface area contributed by atoms with Gasteiger partial charge in [0, 0.05) is 25.6 Å². The number of amides is 2. The summed E-state index contributed by atoms with van der Waals surface area (Å²) in [6.45, 7) is 8.30. The Kier molecular flexibility index (Phi) is 12.1. The van der Waals surface area contributed by atoms with E-state index in [4.69, 9.17) is 4.74 Å². The number of aryl methyl sites for hydroxylation is 1. The van der Waals surface area contributed by atoms with E-state index in [2.05, 4.69) is 5.32 Å². The Morgan fingerprint density at radius 2 is 1.55 bits per heavy atom. The molecular formula is C29H43N3O5S. The standard InChI is InChI=1S/C29H43N3O5S/c1-7-22(4)30-29(34)27(9-3)31(21-24-14-18-26(37-5)19-15-24)28(33)11-10-20-32(38(6,35)36)25-16-12-23(8-2)13-17-25/h12-19,22,27H,7-11,20-21H2,1-6H3,(H,30,34)/t22-,27-/m0/s1. The molecule has 0 aliphatic rings. The van der Waals surface area contributed by atoms with E-state index in [1.807, 2.05) is 64.1 Å². The van der Waals surface area contributed by atoms with Gasteiger partial charge in [-0.2, -0.15) is 0 Å². The van der Waals surface area contributed by atoms with Gasteiger partial charge in [-0.05, 0) is 68.0 Å². The maximum absolute atomic E-state index is 13.5. The van der Waals surface area contributed by atoms with Crippen LogP contribution in [0.5, 0.6) is 5.75 Å². The van der Waals surface area contributed by atoms with Crippen molar-refractivity contribution in [1.82, 2.24) is 10.2 Å². The van der Waals surface area contributed by atoms with E-state index in [1.54, 1.807) is 24.1 Å². The number of anilines is 1. The molecule has 38 heavy (non-hydrogen) atoms. The van der Waals surface area contributed by atoms with Crippen molar-refractivity contribution in [3.8, 4) is 5.75 Å². The van der Waals surface area contributed by atoms with E-state index in [0.717, 1.165) is 24.0 Å². The van der Waals surface area contributed by atoms with E-state index in [1.165, 1.54) is 10.6 Å². The van der Waals surface area contributed by atoms with E-state index in [9.17, 15) is 18.0 Å². The molecule has 2 aromatic rings. The number of nitrogens with one attached hydrogen (secondary N) is 1. The Morgan fingerprint density at radius 3 is 2.05 bits per heavy atom. The lowest BCUT2D eigenvalue weighted by Crippen LogP contribution is -2.50. The summed E-state index contributed by atoms with van der Waals surface area (Å²) in [7, 11) is -1.94. The molecule has 8 nitrogen and oxygen atoms in total. The third kappa shape index (κ3) is 9.04. The summed E-state index contributed by atoms with van der Waals surface area (Å²) in [6, 6.07) is 14.2. The molecule has 0 radical (unpaired) electrons. The van der Waals surface area contributed by atoms with Crippen molar-refractivity contribution in [3.05, 3.63) is 59.7 Å². The van der Waals surface area contributed by atoms with E-state index in [0.29, 0.717) is 24.3 Å². The minimum atomic E-state index is -3.53. The van der Waals surface area contributed by atoms with Crippen molar-refractivity contribution in [2.75, 3.05) is 24.2 Å². The summed E-state index contributed by atoms with van der Waals surface area (Å²) in [4.78, 5) is 28.3. The molecule has 1 N–H and O–H groups in total. The third-order valence-electron chi connectivity index (χ3n) is 6.68. The average molecular weight is 546 g/mol. The number of carbonyl (C=O) groups excluding carboxylic acids is 2. The molecule has 0 aliphatic heterocycles. The van der Waals surface area contributed by atoms with Gasteiger partial charge in [0.1, 0.15) is 11.8 Å². The first kappa shape index (κ1) is 31.1. The predicted molar refractivity (Wildman–Crippen MR) is 153 cm³/mol. The number of carbonyl (C=O) groups is 2. The second kappa shape index (κ2) is 14.8. The summed E-state index contributed by atoms with van der Waals surface area (Å²) < 4.78 is 31.6. The second-order valence-corrected chi connectivity index (χ2v) is 11.5. The van der Waals surface area contributed by atoms with E-state index >= 15 is 0 Å². The molecule has 2 rings (SSSR count). The Bertz CT molecular complexity index is 1130. The Morgan fingerprint density at radius 1 is 0.947 bits per heavy atom. The van der Waals surface area contributed by atoms with Gasteiger partial charge in [-0.15, -0.1) is 0 Å². The number of sulfonamides is 1. The number of methoxy groups -OCH3 is 1. The van der Waals surface area contributed by atoms with Gasteiger partial charge in [0.05, 0.1) is 19.1 Å². The molecule has 0 saturated carbocycles. The summed E-state index contributed by atoms with van der Waals surface area (Å²) >= 11 is 0. The molecule has 2 atom stereocenters. The van der Waals surface area contributed by atoms with Crippen molar-refractivity contribution < 1.29 is 22.7 Å². The summed E-state index contributed by atoms with van der Waals surface area (Å²) in [6.07, 6.45) is 3.72. The third-order valence-corrected chi connectivity index (χ3v) is 7.88. The van der Waals surface area contributed by atoms with Gasteiger partial charge in [-0.3, -0.25) is 13.9 Å². The lowest BCUT2D eigenvalue weighted by Gasteiger charge is -2.32. The van der Waals surface area contributed by atoms with Gasteiger partial charge in [0.15, 0.2) is 0 Å². The van der Waals surface area contributed by atoms with Crippen LogP contribution in [-0.2, 0) is 32.6 Å². The minimum Gasteiger partial charge on any atom is -0.497 e. The molecule has 0 unspecified atom stereocenters. The summed E-state index contributed by atoms with van der Waals surface area (Å²) in [5, 5.41) is 3.00. The fourth-order valence-electron chi connectivity index (χ4n) is 4.19. The quantitative estimate of drug-likeness (QED) is 0.355. The number of rotatable bonds is 15. The van der Waals surface area contributed by atoms with Gasteiger partial charge >= 0.3 is 0 Å². The van der Waals surface area contributed by atoms with Crippen LogP contribution in [0, 0.1) is 0 Å². The lowest BCUT2D eigenvalue weighted by molar-refractivity contribution is -0.141. The van der Waals surface area contributed by atoms with Crippen molar-refractivity contribution in [1.29, 1.82) is 0 Å². The fourth-order valence-corrected chi connectivity index (χ4v) is 5.16. The zero-order chi connectivity index (χ0) is 28.3. The van der Waals surface area contributed by atoms with Crippen LogP contribution in [0.3, 0.4) is 0 Å². The molecule has 0 saturated heterocycles. The van der Waals surface area contributed by atoms with Crippen LogP contribution in [0.2, 0.25) is 0 Å². The maximum atomic E-state index is 13.5. The SMILES string of the molecule is CCc1ccc(N(CCCC(=O)N(Cc2ccc(OC)cc2)[C@@H](CC)C(=O)N[C@@H](C)CC)S(C)(=O)=O)cc1. The first-order valence-electron chi connectivity index (χ1n) is 13.3. The molecule has 0 heterocycles. The number of nitrogens with zero attached hydrogens (tertiary/aromatic N) is 2. The number of hydrogen-bond donors (Lipinski definition) is 1. The first-order chi connectivity index (χ1) is 18.0. The van der Waals surface area contributed by atoms with Crippen molar-refractivity contribution in [3.63, 3.8) is 0 Å². The molecule has 0 bridgehead atoms. The molecule has 0 aromatic heterocycles. The number of ether oxygens (including phenoxy) is 1. The zero-order valence-electron chi connectivity index (χ0n) is 23.6. The average Bonchev–Trinajstić information content (AvgIpc) is 2.90. The van der Waals surface area contributed by atoms with Crippen LogP contribution >= 0.6 is 0 Å². The fraction of sp³-hybridized carbons (Fsp3) is 0.517. The number of hydrogen-bond acceptors (Lipinski definition) is 5. The molecule has 2 amide bonds. The zero-order valence-corrected chi connectivity index (χ0v) is 24.4. The normalized spacial score (nSPS) is 12.9. The lowest BCUT2D eigenvalue weighted by atomic mass is 10.1. The molecule has 9 heteroatoms. The van der Waals surface area contributed by atoms with Gasteiger partial charge in [0.25, 0.3) is 0 Å². The van der Waals surface area contributed by atoms with Gasteiger partial charge in [0.2, 0.25) is 21.8 Å². The molecule has 0 fully saturated rings. The second-order valence-electron chi connectivity index (χ2n) is 9.57. The smallest absolute Gasteiger partial charge is 0.243 e. The maximum Gasteiger partial charge on any atom is 0.243 e. The Balaban J connectivity index is 2.22. The van der Waals surface area contributed by atoms with Crippen molar-refractivity contribution in [2.24, 2.45) is 0 Å². The largest absolute Gasteiger partial charge is 0.497 e. The Labute approximate surface area is 228 Å². The highest BCUT2D eigenvalue weighted by molar-refractivity contribution is 7.92. The molecule has 210 valence electrons. The highest BCUT2D eigenvalue weighted by Gasteiger charge is 2.29. The van der Waals surface area contributed by atoms with Crippen LogP contribution in [-0.4, -0.2) is 57.1 Å². The molecular weight excluding hydrogens is 502 g/mol. The minimum absolute atomic E-state index is 0.00287. The van der Waals surface area contributed by atoms with E-state index < -0.39 is 16.1 Å². The van der Waals surface area contributed by atoms with Crippen molar-refractivity contribution >= 4 is 27.5 Å². The van der Waals surface area contributed by atoms with Gasteiger partial charge in [-0.1, -0.05) is 45.0 Å². The van der Waals surface area contributed by atoms with E-state index in [-0.39, 0.29) is 37.4 Å². The van der Waals surface area contributed by atoms with Crippen LogP contribution in [0.1, 0.15) is 64.5 Å².